The Hall–Kier alpha value is -2.38. The molecule has 4 atom stereocenters. The minimum absolute atomic E-state index is 0.0257. The van der Waals surface area contributed by atoms with Crippen LogP contribution in [-0.4, -0.2) is 82.6 Å². The van der Waals surface area contributed by atoms with Crippen LogP contribution in [0.4, 0.5) is 0 Å². The Morgan fingerprint density at radius 3 is 1.91 bits per heavy atom. The Morgan fingerprint density at radius 1 is 0.906 bits per heavy atom. The summed E-state index contributed by atoms with van der Waals surface area (Å²) in [7, 11) is 0. The lowest BCUT2D eigenvalue weighted by Crippen LogP contribution is -2.58. The third-order valence-corrected chi connectivity index (χ3v) is 5.06. The summed E-state index contributed by atoms with van der Waals surface area (Å²) in [6.07, 6.45) is 2.00. The first kappa shape index (κ1) is 29.6. The zero-order valence-electron chi connectivity index (χ0n) is 18.6. The molecule has 9 N–H and O–H groups in total. The topological polar surface area (TPSA) is 214 Å². The van der Waals surface area contributed by atoms with E-state index in [9.17, 15) is 34.2 Å². The number of aliphatic carboxylic acids is 1. The molecule has 184 valence electrons. The van der Waals surface area contributed by atoms with Gasteiger partial charge in [0.25, 0.3) is 0 Å². The second kappa shape index (κ2) is 15.4. The number of rotatable bonds is 16. The first-order valence-electron chi connectivity index (χ1n) is 10.2. The van der Waals surface area contributed by atoms with Crippen LogP contribution in [0.25, 0.3) is 0 Å². The van der Waals surface area contributed by atoms with E-state index in [0.717, 1.165) is 0 Å². The highest BCUT2D eigenvalue weighted by Crippen LogP contribution is 2.06. The molecule has 0 aromatic heterocycles. The highest BCUT2D eigenvalue weighted by atomic mass is 32.2. The van der Waals surface area contributed by atoms with Crippen molar-refractivity contribution in [3.05, 3.63) is 0 Å². The summed E-state index contributed by atoms with van der Waals surface area (Å²) < 4.78 is 0. The SMILES string of the molecule is CSCCC(N)C(=O)NC(CCC(N)=O)C(=O)NC(CO)C(=O)NC(CC(C)C)C(=O)O. The normalized spacial score (nSPS) is 14.7. The Morgan fingerprint density at radius 2 is 1.44 bits per heavy atom. The van der Waals surface area contributed by atoms with Gasteiger partial charge in [0, 0.05) is 6.42 Å². The molecule has 4 amide bonds. The number of hydrogen-bond acceptors (Lipinski definition) is 8. The van der Waals surface area contributed by atoms with E-state index < -0.39 is 60.4 Å². The molecule has 0 heterocycles. The summed E-state index contributed by atoms with van der Waals surface area (Å²) in [5.74, 6) is -3.70. The number of thioether (sulfide) groups is 1. The van der Waals surface area contributed by atoms with E-state index in [0.29, 0.717) is 12.2 Å². The molecule has 0 radical (unpaired) electrons. The second-order valence-corrected chi connectivity index (χ2v) is 8.71. The van der Waals surface area contributed by atoms with Crippen molar-refractivity contribution in [2.24, 2.45) is 17.4 Å². The number of carbonyl (C=O) groups excluding carboxylic acids is 4. The molecule has 0 aliphatic heterocycles. The van der Waals surface area contributed by atoms with Crippen molar-refractivity contribution >= 4 is 41.4 Å². The van der Waals surface area contributed by atoms with E-state index in [-0.39, 0.29) is 25.2 Å². The number of aliphatic hydroxyl groups is 1. The van der Waals surface area contributed by atoms with Gasteiger partial charge in [0.15, 0.2) is 0 Å². The number of nitrogens with two attached hydrogens (primary N) is 2. The lowest BCUT2D eigenvalue weighted by molar-refractivity contribution is -0.143. The van der Waals surface area contributed by atoms with Crippen LogP contribution in [-0.2, 0) is 24.0 Å². The number of carboxylic acids is 1. The molecule has 12 nitrogen and oxygen atoms in total. The van der Waals surface area contributed by atoms with Crippen molar-refractivity contribution in [2.45, 2.75) is 63.7 Å². The average Bonchev–Trinajstić information content (AvgIpc) is 2.71. The Kier molecular flexibility index (Phi) is 14.3. The fourth-order valence-corrected chi connectivity index (χ4v) is 3.13. The van der Waals surface area contributed by atoms with Gasteiger partial charge in [-0.1, -0.05) is 13.8 Å². The number of carboxylic acid groups (broad SMARTS) is 1. The quantitative estimate of drug-likeness (QED) is 0.129. The van der Waals surface area contributed by atoms with Gasteiger partial charge in [-0.25, -0.2) is 4.79 Å². The van der Waals surface area contributed by atoms with Crippen LogP contribution in [0.3, 0.4) is 0 Å². The van der Waals surface area contributed by atoms with E-state index in [4.69, 9.17) is 11.5 Å². The minimum atomic E-state index is -1.46. The Labute approximate surface area is 191 Å². The first-order valence-corrected chi connectivity index (χ1v) is 11.6. The number of primary amides is 1. The molecule has 4 unspecified atom stereocenters. The van der Waals surface area contributed by atoms with Crippen molar-refractivity contribution in [1.82, 2.24) is 16.0 Å². The molecule has 0 rings (SSSR count). The van der Waals surface area contributed by atoms with Crippen LogP contribution in [0, 0.1) is 5.92 Å². The van der Waals surface area contributed by atoms with Gasteiger partial charge >= 0.3 is 5.97 Å². The molecular formula is C19H35N5O7S. The number of nitrogens with one attached hydrogen (secondary N) is 3. The zero-order valence-corrected chi connectivity index (χ0v) is 19.4. The summed E-state index contributed by atoms with van der Waals surface area (Å²) >= 11 is 1.50. The smallest absolute Gasteiger partial charge is 0.326 e. The molecule has 0 aliphatic rings. The Bertz CT molecular complexity index is 662. The van der Waals surface area contributed by atoms with Gasteiger partial charge in [0.2, 0.25) is 23.6 Å². The second-order valence-electron chi connectivity index (χ2n) is 7.73. The maximum atomic E-state index is 12.7. The number of hydrogen-bond donors (Lipinski definition) is 7. The van der Waals surface area contributed by atoms with Gasteiger partial charge in [0.05, 0.1) is 12.6 Å². The van der Waals surface area contributed by atoms with Gasteiger partial charge in [0.1, 0.15) is 18.1 Å². The van der Waals surface area contributed by atoms with Crippen LogP contribution in [0.15, 0.2) is 0 Å². The maximum Gasteiger partial charge on any atom is 0.326 e. The summed E-state index contributed by atoms with van der Waals surface area (Å²) in [5.41, 5.74) is 10.9. The molecule has 0 spiro atoms. The minimum Gasteiger partial charge on any atom is -0.480 e. The van der Waals surface area contributed by atoms with Crippen LogP contribution in [0.5, 0.6) is 0 Å². The van der Waals surface area contributed by atoms with Crippen molar-refractivity contribution in [3.63, 3.8) is 0 Å². The fraction of sp³-hybridized carbons (Fsp3) is 0.737. The molecule has 0 saturated heterocycles. The van der Waals surface area contributed by atoms with Crippen molar-refractivity contribution in [2.75, 3.05) is 18.6 Å². The van der Waals surface area contributed by atoms with Crippen LogP contribution >= 0.6 is 11.8 Å². The lowest BCUT2D eigenvalue weighted by Gasteiger charge is -2.24. The summed E-state index contributed by atoms with van der Waals surface area (Å²) in [6.45, 7) is 2.75. The van der Waals surface area contributed by atoms with Crippen LogP contribution in [0.1, 0.15) is 39.5 Å². The number of amides is 4. The first-order chi connectivity index (χ1) is 14.9. The van der Waals surface area contributed by atoms with E-state index in [2.05, 4.69) is 16.0 Å². The molecule has 0 aromatic carbocycles. The fourth-order valence-electron chi connectivity index (χ4n) is 2.64. The van der Waals surface area contributed by atoms with Gasteiger partial charge < -0.3 is 37.6 Å². The highest BCUT2D eigenvalue weighted by molar-refractivity contribution is 7.98. The monoisotopic (exact) mass is 477 g/mol. The number of carbonyl (C=O) groups is 5. The molecule has 32 heavy (non-hydrogen) atoms. The van der Waals surface area contributed by atoms with Crippen LogP contribution < -0.4 is 27.4 Å². The van der Waals surface area contributed by atoms with Crippen molar-refractivity contribution in [1.29, 1.82) is 0 Å². The molecule has 13 heteroatoms. The van der Waals surface area contributed by atoms with Gasteiger partial charge in [-0.05, 0) is 37.2 Å². The third-order valence-electron chi connectivity index (χ3n) is 4.42. The van der Waals surface area contributed by atoms with Crippen LogP contribution in [0.2, 0.25) is 0 Å². The lowest BCUT2D eigenvalue weighted by atomic mass is 10.0. The molecule has 0 aromatic rings. The van der Waals surface area contributed by atoms with Gasteiger partial charge in [-0.2, -0.15) is 11.8 Å². The third kappa shape index (κ3) is 11.9. The van der Waals surface area contributed by atoms with E-state index in [1.807, 2.05) is 6.26 Å². The van der Waals surface area contributed by atoms with E-state index in [1.54, 1.807) is 13.8 Å². The van der Waals surface area contributed by atoms with Crippen molar-refractivity contribution < 1.29 is 34.2 Å². The predicted octanol–water partition coefficient (Wildman–Crippen LogP) is -2.09. The molecule has 0 bridgehead atoms. The molecule has 0 aliphatic carbocycles. The largest absolute Gasteiger partial charge is 0.480 e. The molecular weight excluding hydrogens is 442 g/mol. The highest BCUT2D eigenvalue weighted by Gasteiger charge is 2.30. The van der Waals surface area contributed by atoms with Crippen molar-refractivity contribution in [3.8, 4) is 0 Å². The summed E-state index contributed by atoms with van der Waals surface area (Å²) in [4.78, 5) is 59.9. The van der Waals surface area contributed by atoms with Gasteiger partial charge in [-0.3, -0.25) is 19.2 Å². The zero-order chi connectivity index (χ0) is 24.8. The number of aliphatic hydroxyl groups excluding tert-OH is 1. The average molecular weight is 478 g/mol. The van der Waals surface area contributed by atoms with E-state index in [1.165, 1.54) is 11.8 Å². The summed E-state index contributed by atoms with van der Waals surface area (Å²) in [5, 5.41) is 25.8. The van der Waals surface area contributed by atoms with E-state index >= 15 is 0 Å². The maximum absolute atomic E-state index is 12.7. The Balaban J connectivity index is 5.25. The van der Waals surface area contributed by atoms with Gasteiger partial charge in [-0.15, -0.1) is 0 Å². The molecule has 0 saturated carbocycles. The predicted molar refractivity (Wildman–Crippen MR) is 119 cm³/mol. The molecule has 0 fully saturated rings. The summed E-state index contributed by atoms with van der Waals surface area (Å²) in [6, 6.07) is -4.78. The standard InChI is InChI=1S/C19H35N5O7S/c1-10(2)8-13(19(30)31)23-18(29)14(9-25)24-17(28)12(4-5-15(21)26)22-16(27)11(20)6-7-32-3/h10-14,25H,4-9,20H2,1-3H3,(H2,21,26)(H,22,27)(H,23,29)(H,24,28)(H,30,31).